The first-order valence-electron chi connectivity index (χ1n) is 7.51. The number of nitrogens with zero attached hydrogens (tertiary/aromatic N) is 2. The molecule has 1 N–H and O–H groups in total. The van der Waals surface area contributed by atoms with Crippen molar-refractivity contribution in [1.29, 1.82) is 0 Å². The summed E-state index contributed by atoms with van der Waals surface area (Å²) in [6.07, 6.45) is 3.81. The molecule has 0 saturated carbocycles. The van der Waals surface area contributed by atoms with Gasteiger partial charge in [0.25, 0.3) is 0 Å². The summed E-state index contributed by atoms with van der Waals surface area (Å²) < 4.78 is 7.28. The van der Waals surface area contributed by atoms with E-state index in [0.29, 0.717) is 18.6 Å². The Morgan fingerprint density at radius 3 is 2.52 bits per heavy atom. The summed E-state index contributed by atoms with van der Waals surface area (Å²) in [4.78, 5) is 0. The second kappa shape index (κ2) is 6.76. The van der Waals surface area contributed by atoms with E-state index in [4.69, 9.17) is 4.74 Å². The Hall–Kier alpha value is -1.81. The molecule has 1 atom stereocenters. The molecule has 114 valence electrons. The molecule has 1 heterocycles. The van der Waals surface area contributed by atoms with E-state index in [9.17, 15) is 5.11 Å². The molecule has 0 fully saturated rings. The number of aromatic nitrogens is 2. The van der Waals surface area contributed by atoms with Gasteiger partial charge in [0.15, 0.2) is 5.75 Å². The Labute approximate surface area is 126 Å². The zero-order valence-electron chi connectivity index (χ0n) is 13.0. The Balaban J connectivity index is 2.41. The van der Waals surface area contributed by atoms with Crippen molar-refractivity contribution in [3.63, 3.8) is 0 Å². The van der Waals surface area contributed by atoms with E-state index in [2.05, 4.69) is 12.0 Å². The van der Waals surface area contributed by atoms with Crippen molar-refractivity contribution in [2.45, 2.75) is 45.3 Å². The first-order chi connectivity index (χ1) is 10.1. The van der Waals surface area contributed by atoms with Crippen LogP contribution in [-0.2, 0) is 18.6 Å². The van der Waals surface area contributed by atoms with Crippen molar-refractivity contribution in [3.05, 3.63) is 47.8 Å². The molecular formula is C17H24N2O2. The molecule has 0 spiro atoms. The molecule has 0 aliphatic rings. The van der Waals surface area contributed by atoms with Crippen molar-refractivity contribution in [2.75, 3.05) is 7.11 Å². The zero-order chi connectivity index (χ0) is 15.3. The fourth-order valence-electron chi connectivity index (χ4n) is 2.68. The fourth-order valence-corrected chi connectivity index (χ4v) is 2.68. The van der Waals surface area contributed by atoms with E-state index in [0.717, 1.165) is 24.2 Å². The lowest BCUT2D eigenvalue weighted by atomic mass is 9.88. The lowest BCUT2D eigenvalue weighted by Crippen LogP contribution is -2.31. The van der Waals surface area contributed by atoms with Crippen molar-refractivity contribution in [3.8, 4) is 5.75 Å². The molecule has 4 nitrogen and oxygen atoms in total. The number of aliphatic hydroxyl groups is 1. The van der Waals surface area contributed by atoms with Gasteiger partial charge in [0.1, 0.15) is 11.3 Å². The first kappa shape index (κ1) is 15.6. The van der Waals surface area contributed by atoms with Crippen LogP contribution in [0, 0.1) is 0 Å². The predicted molar refractivity (Wildman–Crippen MR) is 83.4 cm³/mol. The van der Waals surface area contributed by atoms with Crippen LogP contribution in [0.25, 0.3) is 0 Å². The normalized spacial score (nSPS) is 13.9. The minimum Gasteiger partial charge on any atom is -0.493 e. The molecule has 4 heteroatoms. The fraction of sp³-hybridized carbons (Fsp3) is 0.471. The summed E-state index contributed by atoms with van der Waals surface area (Å²) in [6, 6.07) is 10.0. The van der Waals surface area contributed by atoms with Crippen LogP contribution < -0.4 is 4.74 Å². The van der Waals surface area contributed by atoms with Crippen LogP contribution in [0.4, 0.5) is 0 Å². The van der Waals surface area contributed by atoms with Crippen LogP contribution in [0.1, 0.15) is 37.9 Å². The summed E-state index contributed by atoms with van der Waals surface area (Å²) in [5, 5.41) is 15.6. The molecule has 1 aromatic heterocycles. The smallest absolute Gasteiger partial charge is 0.162 e. The van der Waals surface area contributed by atoms with E-state index < -0.39 is 5.60 Å². The quantitative estimate of drug-likeness (QED) is 0.851. The third kappa shape index (κ3) is 3.27. The highest BCUT2D eigenvalue weighted by molar-refractivity contribution is 5.33. The highest BCUT2D eigenvalue weighted by Gasteiger charge is 2.34. The van der Waals surface area contributed by atoms with Crippen LogP contribution in [0.2, 0.25) is 0 Å². The number of aryl methyl sites for hydroxylation is 1. The molecule has 21 heavy (non-hydrogen) atoms. The molecule has 0 amide bonds. The molecule has 0 radical (unpaired) electrons. The molecule has 1 aromatic carbocycles. The number of benzene rings is 1. The molecule has 0 aliphatic heterocycles. The van der Waals surface area contributed by atoms with E-state index in [1.165, 1.54) is 0 Å². The average Bonchev–Trinajstić information content (AvgIpc) is 2.92. The van der Waals surface area contributed by atoms with Crippen LogP contribution in [-0.4, -0.2) is 22.0 Å². The second-order valence-electron chi connectivity index (χ2n) is 5.33. The van der Waals surface area contributed by atoms with Gasteiger partial charge in [0.2, 0.25) is 0 Å². The van der Waals surface area contributed by atoms with Gasteiger partial charge >= 0.3 is 0 Å². The zero-order valence-corrected chi connectivity index (χ0v) is 13.0. The van der Waals surface area contributed by atoms with E-state index >= 15 is 0 Å². The highest BCUT2D eigenvalue weighted by Crippen LogP contribution is 2.35. The Bertz CT molecular complexity index is 565. The number of hydrogen-bond acceptors (Lipinski definition) is 3. The SMILES string of the molecule is CCCn1ncc(OC)c1C(O)(CC)Cc1ccccc1. The van der Waals surface area contributed by atoms with Crippen LogP contribution in [0.3, 0.4) is 0 Å². The van der Waals surface area contributed by atoms with E-state index in [-0.39, 0.29) is 0 Å². The molecule has 2 aromatic rings. The topological polar surface area (TPSA) is 47.3 Å². The molecule has 0 aliphatic carbocycles. The van der Waals surface area contributed by atoms with Gasteiger partial charge in [-0.05, 0) is 18.4 Å². The number of rotatable bonds is 7. The Morgan fingerprint density at radius 2 is 1.95 bits per heavy atom. The van der Waals surface area contributed by atoms with Gasteiger partial charge in [-0.2, -0.15) is 5.10 Å². The van der Waals surface area contributed by atoms with Gasteiger partial charge in [-0.15, -0.1) is 0 Å². The standard InChI is InChI=1S/C17H24N2O2/c1-4-11-19-16(15(21-3)13-18-19)17(20,5-2)12-14-9-7-6-8-10-14/h6-10,13,20H,4-5,11-12H2,1-3H3. The third-order valence-corrected chi connectivity index (χ3v) is 3.83. The molecule has 1 unspecified atom stereocenters. The highest BCUT2D eigenvalue weighted by atomic mass is 16.5. The van der Waals surface area contributed by atoms with Crippen LogP contribution in [0.5, 0.6) is 5.75 Å². The van der Waals surface area contributed by atoms with Gasteiger partial charge in [0, 0.05) is 13.0 Å². The summed E-state index contributed by atoms with van der Waals surface area (Å²) >= 11 is 0. The number of hydrogen-bond donors (Lipinski definition) is 1. The average molecular weight is 288 g/mol. The second-order valence-corrected chi connectivity index (χ2v) is 5.33. The van der Waals surface area contributed by atoms with Crippen LogP contribution in [0.15, 0.2) is 36.5 Å². The lowest BCUT2D eigenvalue weighted by Gasteiger charge is -2.28. The van der Waals surface area contributed by atoms with Crippen molar-refractivity contribution in [2.24, 2.45) is 0 Å². The van der Waals surface area contributed by atoms with Crippen LogP contribution >= 0.6 is 0 Å². The van der Waals surface area contributed by atoms with Gasteiger partial charge in [-0.25, -0.2) is 0 Å². The van der Waals surface area contributed by atoms with E-state index in [1.807, 2.05) is 41.9 Å². The van der Waals surface area contributed by atoms with Crippen molar-refractivity contribution < 1.29 is 9.84 Å². The summed E-state index contributed by atoms with van der Waals surface area (Å²) in [5.41, 5.74) is 0.907. The van der Waals surface area contributed by atoms with Crippen molar-refractivity contribution >= 4 is 0 Å². The summed E-state index contributed by atoms with van der Waals surface area (Å²) in [7, 11) is 1.62. The number of ether oxygens (including phenoxy) is 1. The van der Waals surface area contributed by atoms with Gasteiger partial charge in [-0.1, -0.05) is 44.2 Å². The maximum Gasteiger partial charge on any atom is 0.162 e. The van der Waals surface area contributed by atoms with Gasteiger partial charge in [-0.3, -0.25) is 4.68 Å². The third-order valence-electron chi connectivity index (χ3n) is 3.83. The lowest BCUT2D eigenvalue weighted by molar-refractivity contribution is 0.0211. The van der Waals surface area contributed by atoms with E-state index in [1.54, 1.807) is 13.3 Å². The first-order valence-corrected chi connectivity index (χ1v) is 7.51. The Kier molecular flexibility index (Phi) is 5.02. The molecule has 0 saturated heterocycles. The van der Waals surface area contributed by atoms with Gasteiger partial charge in [0.05, 0.1) is 13.3 Å². The Morgan fingerprint density at radius 1 is 1.24 bits per heavy atom. The summed E-state index contributed by atoms with van der Waals surface area (Å²) in [5.74, 6) is 0.656. The summed E-state index contributed by atoms with van der Waals surface area (Å²) in [6.45, 7) is 4.86. The largest absolute Gasteiger partial charge is 0.493 e. The monoisotopic (exact) mass is 288 g/mol. The minimum absolute atomic E-state index is 0.552. The van der Waals surface area contributed by atoms with Gasteiger partial charge < -0.3 is 9.84 Å². The maximum atomic E-state index is 11.2. The molecule has 0 bridgehead atoms. The number of methoxy groups -OCH3 is 1. The predicted octanol–water partition coefficient (Wildman–Crippen LogP) is 3.14. The molecular weight excluding hydrogens is 264 g/mol. The maximum absolute atomic E-state index is 11.2. The molecule has 2 rings (SSSR count). The van der Waals surface area contributed by atoms with Crippen molar-refractivity contribution in [1.82, 2.24) is 9.78 Å². The minimum atomic E-state index is -0.974.